The average molecular weight is 947 g/mol. The van der Waals surface area contributed by atoms with E-state index < -0.39 is 166 Å². The van der Waals surface area contributed by atoms with Gasteiger partial charge in [-0.2, -0.15) is 5.26 Å². The van der Waals surface area contributed by atoms with Gasteiger partial charge in [-0.15, -0.1) is 0 Å². The van der Waals surface area contributed by atoms with Crippen LogP contribution in [0.1, 0.15) is 33.0 Å². The summed E-state index contributed by atoms with van der Waals surface area (Å²) in [6.45, 7) is 7.80. The van der Waals surface area contributed by atoms with Gasteiger partial charge in [0.05, 0.1) is 68.4 Å². The summed E-state index contributed by atoms with van der Waals surface area (Å²) in [4.78, 5) is 6.61. The molecule has 6 heteroatoms. The molecule has 0 aliphatic carbocycles. The molecule has 12 rings (SSSR count). The highest BCUT2D eigenvalue weighted by Crippen LogP contribution is 2.51. The van der Waals surface area contributed by atoms with Gasteiger partial charge >= 0.3 is 0 Å². The van der Waals surface area contributed by atoms with Crippen LogP contribution in [0, 0.1) is 29.5 Å². The second kappa shape index (κ2) is 18.2. The Morgan fingerprint density at radius 3 is 1.15 bits per heavy atom. The Kier molecular flexibility index (Phi) is 6.77. The zero-order valence-corrected chi connectivity index (χ0v) is 37.1. The van der Waals surface area contributed by atoms with Crippen molar-refractivity contribution in [1.29, 1.82) is 5.26 Å². The van der Waals surface area contributed by atoms with Crippen molar-refractivity contribution < 1.29 is 36.2 Å². The molecule has 338 valence electrons. The van der Waals surface area contributed by atoms with Crippen LogP contribution in [0.2, 0.25) is 0 Å². The lowest BCUT2D eigenvalue weighted by Gasteiger charge is -2.31. The number of nitriles is 1. The minimum absolute atomic E-state index is 0.176. The Hall–Kier alpha value is -9.88. The Labute approximate surface area is 444 Å². The zero-order valence-electron chi connectivity index (χ0n) is 57.1. The van der Waals surface area contributed by atoms with Gasteiger partial charge in [0.15, 0.2) is 5.69 Å². The van der Waals surface area contributed by atoms with E-state index in [2.05, 4.69) is 10.9 Å². The molecule has 0 bridgehead atoms. The highest BCUT2D eigenvalue weighted by molar-refractivity contribution is 6.28. The van der Waals surface area contributed by atoms with E-state index in [9.17, 15) is 10.7 Å². The van der Waals surface area contributed by atoms with Crippen LogP contribution in [0.5, 0.6) is 0 Å². The van der Waals surface area contributed by atoms with Gasteiger partial charge in [-0.25, -0.2) is 13.6 Å². The lowest BCUT2D eigenvalue weighted by Crippen LogP contribution is -2.13. The Morgan fingerprint density at radius 2 is 0.778 bits per heavy atom. The summed E-state index contributed by atoms with van der Waals surface area (Å²) in [6, 6.07) is 16.8. The molecular weight excluding hydrogens is 887 g/mol. The second-order valence-corrected chi connectivity index (χ2v) is 16.2. The van der Waals surface area contributed by atoms with Crippen LogP contribution in [0.3, 0.4) is 0 Å². The standard InChI is InChI=1S/C66H40F2N4/c1-70-50-28-32-52(33-29-50)72(64-41-60(68)56(45-16-8-3-9-17-45)39-58(64)47-20-12-5-13-21-47)62-37-27-49-24-34-53-61(36-26-48-25-35-54(62)66(49)65(48)53)71(51-30-22-43(42-69)23-31-51)63-40-59(67)55(44-14-6-2-7-15-44)38-57(63)46-18-10-4-11-19-46/h2-41H/i2D,3D,4D,5D,6D,7D,8D,9D,10D,11D,12D,13D,14D,15D,16D,17D,18D,19D,20D,21D. The van der Waals surface area contributed by atoms with Gasteiger partial charge in [-0.3, -0.25) is 0 Å². The van der Waals surface area contributed by atoms with E-state index in [4.69, 9.17) is 28.5 Å². The summed E-state index contributed by atoms with van der Waals surface area (Å²) in [5, 5.41) is 13.1. The van der Waals surface area contributed by atoms with Gasteiger partial charge in [0.2, 0.25) is 0 Å². The minimum atomic E-state index is -1.15. The van der Waals surface area contributed by atoms with Crippen LogP contribution in [0.15, 0.2) is 242 Å². The topological polar surface area (TPSA) is 34.6 Å². The van der Waals surface area contributed by atoms with Crippen molar-refractivity contribution in [2.45, 2.75) is 0 Å². The molecule has 0 spiro atoms. The van der Waals surface area contributed by atoms with Crippen molar-refractivity contribution in [3.8, 4) is 50.6 Å². The van der Waals surface area contributed by atoms with Gasteiger partial charge < -0.3 is 9.80 Å². The van der Waals surface area contributed by atoms with E-state index in [0.29, 0.717) is 32.3 Å². The Balaban J connectivity index is 1.19. The lowest BCUT2D eigenvalue weighted by molar-refractivity contribution is 0.631. The molecule has 0 amide bonds. The molecule has 0 aliphatic heterocycles. The van der Waals surface area contributed by atoms with E-state index in [-0.39, 0.29) is 56.5 Å². The van der Waals surface area contributed by atoms with Crippen LogP contribution in [-0.2, 0) is 0 Å². The van der Waals surface area contributed by atoms with Gasteiger partial charge in [0, 0.05) is 44.4 Å². The first kappa shape index (κ1) is 26.8. The highest BCUT2D eigenvalue weighted by atomic mass is 19.1. The molecule has 0 aromatic heterocycles. The highest BCUT2D eigenvalue weighted by Gasteiger charge is 2.27. The predicted molar refractivity (Wildman–Crippen MR) is 292 cm³/mol. The molecule has 0 aliphatic rings. The van der Waals surface area contributed by atoms with E-state index in [1.54, 1.807) is 60.7 Å². The third-order valence-corrected chi connectivity index (χ3v) is 12.3. The Morgan fingerprint density at radius 1 is 0.417 bits per heavy atom. The molecule has 0 saturated heterocycles. The maximum Gasteiger partial charge on any atom is 0.187 e. The number of hydrogen-bond donors (Lipinski definition) is 0. The molecule has 12 aromatic carbocycles. The zero-order chi connectivity index (χ0) is 66.1. The molecule has 0 fully saturated rings. The van der Waals surface area contributed by atoms with Crippen LogP contribution < -0.4 is 9.80 Å². The third-order valence-electron chi connectivity index (χ3n) is 12.3. The molecule has 0 saturated carbocycles. The van der Waals surface area contributed by atoms with Gasteiger partial charge in [0.1, 0.15) is 11.6 Å². The van der Waals surface area contributed by atoms with Crippen molar-refractivity contribution in [2.75, 3.05) is 9.80 Å². The van der Waals surface area contributed by atoms with Crippen LogP contribution in [0.25, 0.3) is 81.7 Å². The van der Waals surface area contributed by atoms with E-state index >= 15 is 8.78 Å². The SMILES string of the molecule is [2H]c1c([2H])c([2H])c(-c2cc(-c3c([2H])c([2H])c([2H])c([2H])c3[2H])c(N(c3ccc(C#N)cc3)c3ccc4ccc5c(N(c6ccc([N+]#[C-])cc6)c6cc(F)c(-c7c([2H])c([2H])c([2H])c([2H])c7[2H])cc6-c6c([2H])c([2H])c([2H])c([2H])c6[2H])ccc6ccc3c4c65)cc2F)c([2H])c1[2H]. The first-order valence-electron chi connectivity index (χ1n) is 32.0. The van der Waals surface area contributed by atoms with Crippen molar-refractivity contribution in [2.24, 2.45) is 0 Å². The molecule has 0 atom stereocenters. The molecule has 0 radical (unpaired) electrons. The summed E-state index contributed by atoms with van der Waals surface area (Å²) in [5.41, 5.74) is -2.68. The van der Waals surface area contributed by atoms with Crippen LogP contribution in [-0.4, -0.2) is 0 Å². The smallest absolute Gasteiger partial charge is 0.187 e. The number of halogens is 2. The number of benzene rings is 12. The first-order chi connectivity index (χ1) is 43.7. The number of anilines is 6. The Bertz CT molecular complexity index is 4860. The van der Waals surface area contributed by atoms with Crippen molar-refractivity contribution in [3.63, 3.8) is 0 Å². The summed E-state index contributed by atoms with van der Waals surface area (Å²) in [7, 11) is 0. The van der Waals surface area contributed by atoms with Crippen LogP contribution in [0.4, 0.5) is 48.6 Å². The molecule has 0 N–H and O–H groups in total. The average Bonchev–Trinajstić information content (AvgIpc) is 0.720. The minimum Gasteiger partial charge on any atom is -0.309 e. The molecule has 72 heavy (non-hydrogen) atoms. The molecule has 0 heterocycles. The molecule has 0 unspecified atom stereocenters. The fraction of sp³-hybridized carbons (Fsp3) is 0. The van der Waals surface area contributed by atoms with Crippen molar-refractivity contribution >= 4 is 72.1 Å². The fourth-order valence-electron chi connectivity index (χ4n) is 9.16. The van der Waals surface area contributed by atoms with Crippen LogP contribution >= 0.6 is 0 Å². The predicted octanol–water partition coefficient (Wildman–Crippen LogP) is 18.9. The summed E-state index contributed by atoms with van der Waals surface area (Å²) in [6.07, 6.45) is 0. The quantitative estimate of drug-likeness (QED) is 0.101. The van der Waals surface area contributed by atoms with Crippen molar-refractivity contribution in [3.05, 3.63) is 271 Å². The fourth-order valence-corrected chi connectivity index (χ4v) is 9.16. The largest absolute Gasteiger partial charge is 0.309 e. The summed E-state index contributed by atoms with van der Waals surface area (Å²) >= 11 is 0. The maximum atomic E-state index is 17.7. The van der Waals surface area contributed by atoms with Gasteiger partial charge in [-0.1, -0.05) is 169 Å². The number of hydrogen-bond acceptors (Lipinski definition) is 3. The van der Waals surface area contributed by atoms with E-state index in [0.717, 1.165) is 24.3 Å². The molecule has 12 aromatic rings. The lowest BCUT2D eigenvalue weighted by atomic mass is 9.90. The second-order valence-electron chi connectivity index (χ2n) is 16.2. The summed E-state index contributed by atoms with van der Waals surface area (Å²) < 4.78 is 210. The van der Waals surface area contributed by atoms with Gasteiger partial charge in [-0.05, 0) is 117 Å². The number of nitrogens with zero attached hydrogens (tertiary/aromatic N) is 4. The van der Waals surface area contributed by atoms with Crippen molar-refractivity contribution in [1.82, 2.24) is 0 Å². The first-order valence-corrected chi connectivity index (χ1v) is 22.0. The van der Waals surface area contributed by atoms with Gasteiger partial charge in [0.25, 0.3) is 0 Å². The molecule has 4 nitrogen and oxygen atoms in total. The summed E-state index contributed by atoms with van der Waals surface area (Å²) in [5.74, 6) is -2.30. The normalized spacial score (nSPS) is 15.1. The maximum absolute atomic E-state index is 17.7. The third kappa shape index (κ3) is 7.61. The van der Waals surface area contributed by atoms with E-state index in [1.165, 1.54) is 46.2 Å². The molecular formula is C66H40F2N4. The monoisotopic (exact) mass is 946 g/mol. The number of rotatable bonds is 10. The van der Waals surface area contributed by atoms with E-state index in [1.807, 2.05) is 0 Å².